The van der Waals surface area contributed by atoms with Gasteiger partial charge in [0.1, 0.15) is 5.60 Å². The predicted octanol–water partition coefficient (Wildman–Crippen LogP) is 2.89. The fourth-order valence-electron chi connectivity index (χ4n) is 3.53. The molecule has 1 saturated heterocycles. The van der Waals surface area contributed by atoms with Crippen LogP contribution in [-0.2, 0) is 11.3 Å². The first kappa shape index (κ1) is 15.3. The largest absolute Gasteiger partial charge is 0.444 e. The summed E-state index contributed by atoms with van der Waals surface area (Å²) in [5.41, 5.74) is 0.961. The highest BCUT2D eigenvalue weighted by Gasteiger charge is 2.55. The fraction of sp³-hybridized carbons (Fsp3) is 0.611. The Labute approximate surface area is 132 Å². The lowest BCUT2D eigenvalue weighted by molar-refractivity contribution is 0.0522. The maximum absolute atomic E-state index is 11.7. The molecule has 0 radical (unpaired) electrons. The molecule has 1 unspecified atom stereocenters. The van der Waals surface area contributed by atoms with Crippen LogP contribution in [0.3, 0.4) is 0 Å². The molecular weight excluding hydrogens is 276 g/mol. The number of hydrogen-bond acceptors (Lipinski definition) is 3. The van der Waals surface area contributed by atoms with Crippen LogP contribution in [0.2, 0.25) is 0 Å². The van der Waals surface area contributed by atoms with Crippen molar-refractivity contribution in [2.24, 2.45) is 17.8 Å². The van der Waals surface area contributed by atoms with Crippen LogP contribution in [0.4, 0.5) is 4.79 Å². The molecule has 1 saturated carbocycles. The highest BCUT2D eigenvalue weighted by Crippen LogP contribution is 2.51. The summed E-state index contributed by atoms with van der Waals surface area (Å²) in [5, 5.41) is 2.91. The van der Waals surface area contributed by atoms with Gasteiger partial charge in [-0.3, -0.25) is 4.90 Å². The number of benzene rings is 1. The summed E-state index contributed by atoms with van der Waals surface area (Å²) >= 11 is 0. The van der Waals surface area contributed by atoms with Crippen molar-refractivity contribution in [3.05, 3.63) is 35.9 Å². The summed E-state index contributed by atoms with van der Waals surface area (Å²) in [6.07, 6.45) is -0.293. The molecule has 2 aliphatic rings. The fourth-order valence-corrected chi connectivity index (χ4v) is 3.53. The smallest absolute Gasteiger partial charge is 0.407 e. The zero-order valence-corrected chi connectivity index (χ0v) is 13.7. The van der Waals surface area contributed by atoms with Gasteiger partial charge in [0.2, 0.25) is 0 Å². The topological polar surface area (TPSA) is 41.6 Å². The Morgan fingerprint density at radius 1 is 1.23 bits per heavy atom. The first-order chi connectivity index (χ1) is 10.4. The van der Waals surface area contributed by atoms with Crippen LogP contribution in [0.25, 0.3) is 0 Å². The number of hydrogen-bond donors (Lipinski definition) is 1. The van der Waals surface area contributed by atoms with E-state index in [4.69, 9.17) is 4.74 Å². The van der Waals surface area contributed by atoms with E-state index in [1.165, 1.54) is 5.56 Å². The van der Waals surface area contributed by atoms with Crippen molar-refractivity contribution < 1.29 is 9.53 Å². The molecule has 3 atom stereocenters. The van der Waals surface area contributed by atoms with Crippen LogP contribution < -0.4 is 5.32 Å². The third-order valence-corrected chi connectivity index (χ3v) is 4.58. The van der Waals surface area contributed by atoms with Crippen LogP contribution in [0.15, 0.2) is 30.3 Å². The predicted molar refractivity (Wildman–Crippen MR) is 86.4 cm³/mol. The Kier molecular flexibility index (Phi) is 4.13. The first-order valence-corrected chi connectivity index (χ1v) is 8.15. The third-order valence-electron chi connectivity index (χ3n) is 4.58. The van der Waals surface area contributed by atoms with Gasteiger partial charge in [-0.25, -0.2) is 4.79 Å². The summed E-state index contributed by atoms with van der Waals surface area (Å²) in [7, 11) is 0. The number of nitrogens with one attached hydrogen (secondary N) is 1. The van der Waals surface area contributed by atoms with E-state index in [0.29, 0.717) is 5.92 Å². The van der Waals surface area contributed by atoms with Crippen molar-refractivity contribution in [2.75, 3.05) is 19.6 Å². The molecule has 120 valence electrons. The minimum atomic E-state index is -0.421. The molecule has 4 heteroatoms. The van der Waals surface area contributed by atoms with Gasteiger partial charge in [-0.2, -0.15) is 0 Å². The van der Waals surface area contributed by atoms with E-state index >= 15 is 0 Å². The second-order valence-corrected chi connectivity index (χ2v) is 7.55. The van der Waals surface area contributed by atoms with Gasteiger partial charge >= 0.3 is 6.09 Å². The van der Waals surface area contributed by atoms with E-state index in [0.717, 1.165) is 38.0 Å². The molecule has 1 aliphatic carbocycles. The molecule has 0 bridgehead atoms. The number of amides is 1. The Morgan fingerprint density at radius 3 is 2.45 bits per heavy atom. The molecule has 1 aliphatic heterocycles. The summed E-state index contributed by atoms with van der Waals surface area (Å²) in [5.74, 6) is 2.14. The molecule has 1 amide bonds. The van der Waals surface area contributed by atoms with E-state index in [-0.39, 0.29) is 6.09 Å². The van der Waals surface area contributed by atoms with Crippen molar-refractivity contribution in [3.8, 4) is 0 Å². The van der Waals surface area contributed by atoms with Gasteiger partial charge in [0.15, 0.2) is 0 Å². The van der Waals surface area contributed by atoms with Crippen LogP contribution >= 0.6 is 0 Å². The maximum Gasteiger partial charge on any atom is 0.407 e. The van der Waals surface area contributed by atoms with Gasteiger partial charge in [-0.15, -0.1) is 0 Å². The lowest BCUT2D eigenvalue weighted by atomic mass is 10.2. The van der Waals surface area contributed by atoms with Crippen LogP contribution in [-0.4, -0.2) is 36.2 Å². The second kappa shape index (κ2) is 5.92. The summed E-state index contributed by atoms with van der Waals surface area (Å²) in [6, 6.07) is 10.6. The average molecular weight is 302 g/mol. The quantitative estimate of drug-likeness (QED) is 0.930. The number of fused-ring (bicyclic) bond motifs is 1. The highest BCUT2D eigenvalue weighted by molar-refractivity contribution is 5.67. The molecule has 1 aromatic rings. The van der Waals surface area contributed by atoms with Gasteiger partial charge in [-0.1, -0.05) is 30.3 Å². The van der Waals surface area contributed by atoms with Crippen LogP contribution in [0.1, 0.15) is 26.3 Å². The molecule has 0 spiro atoms. The Hall–Kier alpha value is -1.55. The molecule has 2 fully saturated rings. The normalized spacial score (nSPS) is 27.3. The van der Waals surface area contributed by atoms with Crippen molar-refractivity contribution in [1.29, 1.82) is 0 Å². The standard InChI is InChI=1S/C18H26N2O2/c1-18(2,3)22-17(21)19-9-14-15-11-20(12-16(14)15)10-13-7-5-4-6-8-13/h4-8,14-16H,9-12H2,1-3H3,(H,19,21)/t14?,15-,16+. The summed E-state index contributed by atoms with van der Waals surface area (Å²) in [4.78, 5) is 14.2. The highest BCUT2D eigenvalue weighted by atomic mass is 16.6. The minimum Gasteiger partial charge on any atom is -0.444 e. The van der Waals surface area contributed by atoms with Gasteiger partial charge in [0.25, 0.3) is 0 Å². The number of carbonyl (C=O) groups is 1. The van der Waals surface area contributed by atoms with E-state index in [9.17, 15) is 4.79 Å². The monoisotopic (exact) mass is 302 g/mol. The first-order valence-electron chi connectivity index (χ1n) is 8.15. The SMILES string of the molecule is CC(C)(C)OC(=O)NCC1[C@H]2CN(Cc3ccccc3)C[C@@H]12. The van der Waals surface area contributed by atoms with E-state index < -0.39 is 5.60 Å². The molecular formula is C18H26N2O2. The van der Waals surface area contributed by atoms with Crippen molar-refractivity contribution in [1.82, 2.24) is 10.2 Å². The van der Waals surface area contributed by atoms with E-state index in [1.807, 2.05) is 20.8 Å². The van der Waals surface area contributed by atoms with Gasteiger partial charge in [-0.05, 0) is 44.1 Å². The molecule has 0 aromatic heterocycles. The van der Waals surface area contributed by atoms with Gasteiger partial charge in [0.05, 0.1) is 0 Å². The summed E-state index contributed by atoms with van der Waals surface area (Å²) in [6.45, 7) is 9.77. The second-order valence-electron chi connectivity index (χ2n) is 7.55. The van der Waals surface area contributed by atoms with Crippen molar-refractivity contribution >= 4 is 6.09 Å². The zero-order chi connectivity index (χ0) is 15.7. The number of likely N-dealkylation sites (tertiary alicyclic amines) is 1. The van der Waals surface area contributed by atoms with Crippen LogP contribution in [0, 0.1) is 17.8 Å². The number of carbonyl (C=O) groups excluding carboxylic acids is 1. The lowest BCUT2D eigenvalue weighted by Gasteiger charge is -2.21. The maximum atomic E-state index is 11.7. The number of nitrogens with zero attached hydrogens (tertiary/aromatic N) is 1. The molecule has 4 nitrogen and oxygen atoms in total. The number of piperidine rings is 1. The Bertz CT molecular complexity index is 512. The number of ether oxygens (including phenoxy) is 1. The average Bonchev–Trinajstić information content (AvgIpc) is 2.88. The van der Waals surface area contributed by atoms with Gasteiger partial charge < -0.3 is 10.1 Å². The van der Waals surface area contributed by atoms with E-state index in [2.05, 4.69) is 40.5 Å². The molecule has 1 heterocycles. The third kappa shape index (κ3) is 3.80. The van der Waals surface area contributed by atoms with Gasteiger partial charge in [0, 0.05) is 26.2 Å². The van der Waals surface area contributed by atoms with E-state index in [1.54, 1.807) is 0 Å². The number of rotatable bonds is 4. The Morgan fingerprint density at radius 2 is 1.86 bits per heavy atom. The molecule has 1 N–H and O–H groups in total. The molecule has 1 aromatic carbocycles. The Balaban J connectivity index is 1.37. The number of alkyl carbamates (subject to hydrolysis) is 1. The minimum absolute atomic E-state index is 0.293. The van der Waals surface area contributed by atoms with Crippen molar-refractivity contribution in [3.63, 3.8) is 0 Å². The zero-order valence-electron chi connectivity index (χ0n) is 13.7. The molecule has 3 rings (SSSR count). The summed E-state index contributed by atoms with van der Waals surface area (Å²) < 4.78 is 5.28. The lowest BCUT2D eigenvalue weighted by Crippen LogP contribution is -2.35. The molecule has 22 heavy (non-hydrogen) atoms. The van der Waals surface area contributed by atoms with Crippen LogP contribution in [0.5, 0.6) is 0 Å². The van der Waals surface area contributed by atoms with Crippen molar-refractivity contribution in [2.45, 2.75) is 32.9 Å².